The highest BCUT2D eigenvalue weighted by molar-refractivity contribution is 6.29. The number of carbonyl (C=O) groups excluding carboxylic acids is 1. The molecule has 2 atom stereocenters. The van der Waals surface area contributed by atoms with Gasteiger partial charge in [0.1, 0.15) is 0 Å². The van der Waals surface area contributed by atoms with Gasteiger partial charge in [-0.1, -0.05) is 12.8 Å². The van der Waals surface area contributed by atoms with Gasteiger partial charge in [-0.3, -0.25) is 4.79 Å². The van der Waals surface area contributed by atoms with Gasteiger partial charge in [0.05, 0.1) is 0 Å². The smallest absolute Gasteiger partial charge is 0.289 e. The third-order valence-electron chi connectivity index (χ3n) is 4.29. The van der Waals surface area contributed by atoms with E-state index in [0.717, 1.165) is 19.4 Å². The van der Waals surface area contributed by atoms with Crippen LogP contribution >= 0.6 is 11.6 Å². The van der Waals surface area contributed by atoms with Gasteiger partial charge in [0, 0.05) is 12.6 Å². The van der Waals surface area contributed by atoms with Gasteiger partial charge < -0.3 is 9.32 Å². The zero-order valence-corrected chi connectivity index (χ0v) is 11.2. The first-order chi connectivity index (χ1) is 8.75. The highest BCUT2D eigenvalue weighted by atomic mass is 35.5. The lowest BCUT2D eigenvalue weighted by Gasteiger charge is -2.43. The first-order valence-electron chi connectivity index (χ1n) is 6.82. The lowest BCUT2D eigenvalue weighted by Crippen LogP contribution is -2.49. The maximum atomic E-state index is 12.4. The largest absolute Gasteiger partial charge is 0.440 e. The molecule has 0 N–H and O–H groups in total. The van der Waals surface area contributed by atoms with Crippen LogP contribution in [0.25, 0.3) is 0 Å². The van der Waals surface area contributed by atoms with Crippen LogP contribution in [0.4, 0.5) is 0 Å². The standard InChI is InChI=1S/C14H18ClNO2/c15-13-8-7-12(18-13)14(17)16-9-3-5-10-4-1-2-6-11(10)16/h7-8,10-11H,1-6,9H2/t10-,11-/m1/s1. The van der Waals surface area contributed by atoms with Crippen molar-refractivity contribution >= 4 is 17.5 Å². The minimum atomic E-state index is 0.0125. The number of piperidine rings is 1. The normalized spacial score (nSPS) is 27.9. The Morgan fingerprint density at radius 2 is 2.00 bits per heavy atom. The molecule has 1 aliphatic heterocycles. The Labute approximate surface area is 112 Å². The first kappa shape index (κ1) is 12.1. The minimum absolute atomic E-state index is 0.0125. The molecule has 98 valence electrons. The van der Waals surface area contributed by atoms with Crippen LogP contribution in [-0.2, 0) is 0 Å². The highest BCUT2D eigenvalue weighted by Gasteiger charge is 2.36. The fourth-order valence-electron chi connectivity index (χ4n) is 3.45. The minimum Gasteiger partial charge on any atom is -0.440 e. The molecule has 3 nitrogen and oxygen atoms in total. The number of furan rings is 1. The molecule has 1 saturated carbocycles. The maximum Gasteiger partial charge on any atom is 0.289 e. The van der Waals surface area contributed by atoms with Crippen molar-refractivity contribution in [3.63, 3.8) is 0 Å². The van der Waals surface area contributed by atoms with Gasteiger partial charge in [0.25, 0.3) is 5.91 Å². The van der Waals surface area contributed by atoms with Crippen LogP contribution in [-0.4, -0.2) is 23.4 Å². The van der Waals surface area contributed by atoms with E-state index in [2.05, 4.69) is 0 Å². The summed E-state index contributed by atoms with van der Waals surface area (Å²) in [6, 6.07) is 3.73. The van der Waals surface area contributed by atoms with Gasteiger partial charge in [-0.2, -0.15) is 0 Å². The van der Waals surface area contributed by atoms with E-state index in [-0.39, 0.29) is 11.1 Å². The Morgan fingerprint density at radius 1 is 1.22 bits per heavy atom. The highest BCUT2D eigenvalue weighted by Crippen LogP contribution is 2.36. The Balaban J connectivity index is 1.79. The predicted octanol–water partition coefficient (Wildman–Crippen LogP) is 3.73. The molecule has 0 unspecified atom stereocenters. The molecule has 0 spiro atoms. The van der Waals surface area contributed by atoms with Crippen molar-refractivity contribution in [2.75, 3.05) is 6.54 Å². The van der Waals surface area contributed by atoms with Crippen molar-refractivity contribution in [2.24, 2.45) is 5.92 Å². The van der Waals surface area contributed by atoms with Crippen molar-refractivity contribution in [2.45, 2.75) is 44.6 Å². The van der Waals surface area contributed by atoms with E-state index >= 15 is 0 Å². The molecule has 3 rings (SSSR count). The van der Waals surface area contributed by atoms with Gasteiger partial charge in [0.15, 0.2) is 11.0 Å². The van der Waals surface area contributed by atoms with Gasteiger partial charge >= 0.3 is 0 Å². The molecule has 1 aromatic rings. The van der Waals surface area contributed by atoms with E-state index < -0.39 is 0 Å². The molecule has 2 aliphatic rings. The molecule has 1 amide bonds. The summed E-state index contributed by atoms with van der Waals surface area (Å²) in [5, 5.41) is 0.288. The summed E-state index contributed by atoms with van der Waals surface area (Å²) in [7, 11) is 0. The Bertz CT molecular complexity index is 441. The van der Waals surface area contributed by atoms with Crippen molar-refractivity contribution in [1.29, 1.82) is 0 Å². The second-order valence-electron chi connectivity index (χ2n) is 5.36. The Kier molecular flexibility index (Phi) is 3.33. The number of fused-ring (bicyclic) bond motifs is 1. The fraction of sp³-hybridized carbons (Fsp3) is 0.643. The van der Waals surface area contributed by atoms with Gasteiger partial charge in [-0.05, 0) is 55.3 Å². The van der Waals surface area contributed by atoms with Crippen LogP contribution < -0.4 is 0 Å². The van der Waals surface area contributed by atoms with Crippen molar-refractivity contribution in [1.82, 2.24) is 4.90 Å². The van der Waals surface area contributed by atoms with Crippen molar-refractivity contribution < 1.29 is 9.21 Å². The number of rotatable bonds is 1. The van der Waals surface area contributed by atoms with E-state index in [0.29, 0.717) is 17.7 Å². The SMILES string of the molecule is O=C(c1ccc(Cl)o1)N1CCC[C@H]2CCCC[C@H]21. The second-order valence-corrected chi connectivity index (χ2v) is 5.73. The van der Waals surface area contributed by atoms with E-state index in [9.17, 15) is 4.79 Å². The van der Waals surface area contributed by atoms with E-state index in [4.69, 9.17) is 16.0 Å². The summed E-state index contributed by atoms with van der Waals surface area (Å²) >= 11 is 5.74. The summed E-state index contributed by atoms with van der Waals surface area (Å²) in [5.41, 5.74) is 0. The van der Waals surface area contributed by atoms with E-state index in [1.54, 1.807) is 12.1 Å². The summed E-state index contributed by atoms with van der Waals surface area (Å²) in [5.74, 6) is 1.09. The number of hydrogen-bond donors (Lipinski definition) is 0. The number of nitrogens with zero attached hydrogens (tertiary/aromatic N) is 1. The quantitative estimate of drug-likeness (QED) is 0.777. The molecule has 1 aromatic heterocycles. The Hall–Kier alpha value is -0.960. The Morgan fingerprint density at radius 3 is 2.78 bits per heavy atom. The second kappa shape index (κ2) is 4.96. The molecular formula is C14H18ClNO2. The topological polar surface area (TPSA) is 33.5 Å². The van der Waals surface area contributed by atoms with Crippen LogP contribution in [0, 0.1) is 5.92 Å². The predicted molar refractivity (Wildman–Crippen MR) is 69.7 cm³/mol. The zero-order valence-electron chi connectivity index (χ0n) is 10.4. The van der Waals surface area contributed by atoms with Crippen LogP contribution in [0.3, 0.4) is 0 Å². The molecule has 0 bridgehead atoms. The lowest BCUT2D eigenvalue weighted by molar-refractivity contribution is 0.0362. The molecule has 2 heterocycles. The number of hydrogen-bond acceptors (Lipinski definition) is 2. The third kappa shape index (κ3) is 2.16. The molecule has 1 saturated heterocycles. The molecule has 2 fully saturated rings. The molecular weight excluding hydrogens is 250 g/mol. The van der Waals surface area contributed by atoms with Crippen LogP contribution in [0.15, 0.2) is 16.5 Å². The monoisotopic (exact) mass is 267 g/mol. The number of likely N-dealkylation sites (tertiary alicyclic amines) is 1. The third-order valence-corrected chi connectivity index (χ3v) is 4.49. The van der Waals surface area contributed by atoms with Crippen molar-refractivity contribution in [3.05, 3.63) is 23.1 Å². The van der Waals surface area contributed by atoms with Crippen molar-refractivity contribution in [3.8, 4) is 0 Å². The average molecular weight is 268 g/mol. The zero-order chi connectivity index (χ0) is 12.5. The summed E-state index contributed by atoms with van der Waals surface area (Å²) in [6.45, 7) is 0.859. The molecule has 4 heteroatoms. The molecule has 18 heavy (non-hydrogen) atoms. The van der Waals surface area contributed by atoms with Crippen LogP contribution in [0.1, 0.15) is 49.1 Å². The van der Waals surface area contributed by atoms with Gasteiger partial charge in [0.2, 0.25) is 0 Å². The summed E-state index contributed by atoms with van der Waals surface area (Å²) < 4.78 is 5.25. The van der Waals surface area contributed by atoms with Crippen LogP contribution in [0.2, 0.25) is 5.22 Å². The summed E-state index contributed by atoms with van der Waals surface area (Å²) in [4.78, 5) is 14.5. The van der Waals surface area contributed by atoms with Gasteiger partial charge in [-0.25, -0.2) is 0 Å². The van der Waals surface area contributed by atoms with Gasteiger partial charge in [-0.15, -0.1) is 0 Å². The number of carbonyl (C=O) groups is 1. The average Bonchev–Trinajstić information content (AvgIpc) is 2.84. The molecule has 0 radical (unpaired) electrons. The van der Waals surface area contributed by atoms with E-state index in [1.807, 2.05) is 4.90 Å². The number of halogens is 1. The van der Waals surface area contributed by atoms with Crippen LogP contribution in [0.5, 0.6) is 0 Å². The first-order valence-corrected chi connectivity index (χ1v) is 7.20. The fourth-order valence-corrected chi connectivity index (χ4v) is 3.59. The molecule has 0 aromatic carbocycles. The van der Waals surface area contributed by atoms with E-state index in [1.165, 1.54) is 25.7 Å². The number of amides is 1. The summed E-state index contributed by atoms with van der Waals surface area (Å²) in [6.07, 6.45) is 7.35. The maximum absolute atomic E-state index is 12.4. The lowest BCUT2D eigenvalue weighted by atomic mass is 9.78. The molecule has 1 aliphatic carbocycles.